The van der Waals surface area contributed by atoms with Crippen molar-refractivity contribution in [3.63, 3.8) is 0 Å². The molecule has 44 heavy (non-hydrogen) atoms. The first kappa shape index (κ1) is 30.9. The number of rotatable bonds is 9. The van der Waals surface area contributed by atoms with Gasteiger partial charge < -0.3 is 25.3 Å². The van der Waals surface area contributed by atoms with Crippen LogP contribution in [0.2, 0.25) is 0 Å². The molecule has 0 radical (unpaired) electrons. The standard InChI is InChI=1S/C31H32N6O5S2/c1-31(2)13-20-26(21(38)14-31)25(17-11-22(40-3)27(42-5)23(12-17)41-4)19(15-32)28(33)37(20)29-35-36-30(44-29)43-16-24(39)34-18-9-7-6-8-10-18/h6-12,25H,13-14,16,33H2,1-5H3,(H,34,39). The number of thioether (sulfide) groups is 1. The molecule has 2 aromatic carbocycles. The van der Waals surface area contributed by atoms with E-state index in [1.165, 1.54) is 44.4 Å². The predicted octanol–water partition coefficient (Wildman–Crippen LogP) is 5.24. The van der Waals surface area contributed by atoms with Gasteiger partial charge in [-0.05, 0) is 41.7 Å². The lowest BCUT2D eigenvalue weighted by atomic mass is 9.68. The number of Topliss-reactive ketones (excluding diaryl/α,β-unsaturated/α-hetero) is 1. The summed E-state index contributed by atoms with van der Waals surface area (Å²) in [6.45, 7) is 4.04. The van der Waals surface area contributed by atoms with Crippen molar-refractivity contribution >= 4 is 45.6 Å². The minimum Gasteiger partial charge on any atom is -0.493 e. The average molecular weight is 633 g/mol. The number of hydrogen-bond acceptors (Lipinski definition) is 12. The van der Waals surface area contributed by atoms with Crippen LogP contribution in [0.4, 0.5) is 10.8 Å². The Kier molecular flexibility index (Phi) is 8.85. The molecule has 13 heteroatoms. The second kappa shape index (κ2) is 12.6. The van der Waals surface area contributed by atoms with E-state index in [9.17, 15) is 14.9 Å². The van der Waals surface area contributed by atoms with Crippen LogP contribution < -0.4 is 30.2 Å². The first-order chi connectivity index (χ1) is 21.1. The van der Waals surface area contributed by atoms with E-state index in [2.05, 4.69) is 21.6 Å². The lowest BCUT2D eigenvalue weighted by Gasteiger charge is -2.42. The molecule has 2 aliphatic rings. The van der Waals surface area contributed by atoms with Crippen LogP contribution in [0.15, 0.2) is 69.5 Å². The maximum Gasteiger partial charge on any atom is 0.234 e. The maximum atomic E-state index is 13.9. The van der Waals surface area contributed by atoms with Gasteiger partial charge in [-0.25, -0.2) is 0 Å². The van der Waals surface area contributed by atoms with Crippen molar-refractivity contribution in [3.8, 4) is 23.3 Å². The number of carbonyl (C=O) groups is 2. The fraction of sp³-hybridized carbons (Fsp3) is 0.323. The smallest absolute Gasteiger partial charge is 0.234 e. The molecule has 3 N–H and O–H groups in total. The molecule has 0 saturated heterocycles. The highest BCUT2D eigenvalue weighted by Gasteiger charge is 2.46. The minimum absolute atomic E-state index is 0.0862. The summed E-state index contributed by atoms with van der Waals surface area (Å²) in [5.74, 6) is 0.448. The van der Waals surface area contributed by atoms with Gasteiger partial charge in [0.2, 0.25) is 16.8 Å². The maximum absolute atomic E-state index is 13.9. The third-order valence-corrected chi connectivity index (χ3v) is 9.41. The van der Waals surface area contributed by atoms with Gasteiger partial charge in [-0.1, -0.05) is 55.1 Å². The van der Waals surface area contributed by atoms with E-state index in [-0.39, 0.29) is 34.3 Å². The second-order valence-corrected chi connectivity index (χ2v) is 13.2. The van der Waals surface area contributed by atoms with Gasteiger partial charge in [0, 0.05) is 23.4 Å². The van der Waals surface area contributed by atoms with Crippen molar-refractivity contribution in [2.75, 3.05) is 37.3 Å². The highest BCUT2D eigenvalue weighted by atomic mass is 32.2. The topological polar surface area (TPSA) is 153 Å². The molecule has 1 atom stereocenters. The molecule has 0 saturated carbocycles. The summed E-state index contributed by atoms with van der Waals surface area (Å²) >= 11 is 2.48. The van der Waals surface area contributed by atoms with Crippen molar-refractivity contribution in [2.45, 2.75) is 36.9 Å². The molecular weight excluding hydrogens is 601 g/mol. The van der Waals surface area contributed by atoms with E-state index >= 15 is 0 Å². The molecule has 0 bridgehead atoms. The number of ether oxygens (including phenoxy) is 3. The fourth-order valence-corrected chi connectivity index (χ4v) is 7.21. The number of allylic oxidation sites excluding steroid dienone is 3. The van der Waals surface area contributed by atoms with Crippen molar-refractivity contribution in [3.05, 3.63) is 70.7 Å². The number of nitriles is 1. The van der Waals surface area contributed by atoms with Crippen LogP contribution in [-0.4, -0.2) is 49.0 Å². The van der Waals surface area contributed by atoms with Gasteiger partial charge in [-0.15, -0.1) is 10.2 Å². The summed E-state index contributed by atoms with van der Waals surface area (Å²) in [6, 6.07) is 14.9. The SMILES string of the molecule is COc1cc(C2C(C#N)=C(N)N(c3nnc(SCC(=O)Nc4ccccc4)s3)C3=C2C(=O)CC(C)(C)C3)cc(OC)c1OC. The Labute approximate surface area is 263 Å². The lowest BCUT2D eigenvalue weighted by molar-refractivity contribution is -0.118. The van der Waals surface area contributed by atoms with Crippen LogP contribution in [0.25, 0.3) is 0 Å². The van der Waals surface area contributed by atoms with E-state index in [4.69, 9.17) is 19.9 Å². The van der Waals surface area contributed by atoms with E-state index in [0.717, 1.165) is 0 Å². The number of methoxy groups -OCH3 is 3. The summed E-state index contributed by atoms with van der Waals surface area (Å²) in [7, 11) is 4.53. The first-order valence-corrected chi connectivity index (χ1v) is 15.5. The van der Waals surface area contributed by atoms with Gasteiger partial charge in [0.15, 0.2) is 21.6 Å². The monoisotopic (exact) mass is 632 g/mol. The largest absolute Gasteiger partial charge is 0.493 e. The average Bonchev–Trinajstić information content (AvgIpc) is 3.47. The number of anilines is 2. The van der Waals surface area contributed by atoms with Crippen molar-refractivity contribution < 1.29 is 23.8 Å². The normalized spacial score (nSPS) is 17.6. The molecule has 0 fully saturated rings. The molecule has 1 amide bonds. The molecule has 1 aliphatic carbocycles. The van der Waals surface area contributed by atoms with Crippen LogP contribution in [-0.2, 0) is 9.59 Å². The summed E-state index contributed by atoms with van der Waals surface area (Å²) in [6.07, 6.45) is 0.808. The van der Waals surface area contributed by atoms with Crippen LogP contribution >= 0.6 is 23.1 Å². The molecule has 1 unspecified atom stereocenters. The van der Waals surface area contributed by atoms with Crippen molar-refractivity contribution in [1.82, 2.24) is 10.2 Å². The van der Waals surface area contributed by atoms with Crippen molar-refractivity contribution in [1.29, 1.82) is 5.26 Å². The molecule has 1 aliphatic heterocycles. The van der Waals surface area contributed by atoms with Gasteiger partial charge in [0.1, 0.15) is 5.82 Å². The molecule has 228 valence electrons. The third-order valence-electron chi connectivity index (χ3n) is 7.37. The number of ketones is 1. The van der Waals surface area contributed by atoms with Gasteiger partial charge in [0.25, 0.3) is 0 Å². The van der Waals surface area contributed by atoms with E-state index < -0.39 is 5.92 Å². The van der Waals surface area contributed by atoms with Crippen molar-refractivity contribution in [2.24, 2.45) is 11.1 Å². The van der Waals surface area contributed by atoms with E-state index in [0.29, 0.717) is 62.1 Å². The zero-order valence-electron chi connectivity index (χ0n) is 25.0. The summed E-state index contributed by atoms with van der Waals surface area (Å²) < 4.78 is 17.2. The van der Waals surface area contributed by atoms with Crippen LogP contribution in [0.1, 0.15) is 38.2 Å². The number of carbonyl (C=O) groups excluding carboxylic acids is 2. The number of aromatic nitrogens is 2. The lowest BCUT2D eigenvalue weighted by Crippen LogP contribution is -2.42. The number of hydrogen-bond donors (Lipinski definition) is 2. The zero-order chi connectivity index (χ0) is 31.6. The van der Waals surface area contributed by atoms with Gasteiger partial charge >= 0.3 is 0 Å². The molecule has 5 rings (SSSR count). The minimum atomic E-state index is -0.757. The van der Waals surface area contributed by atoms with E-state index in [1.54, 1.807) is 17.0 Å². The molecule has 11 nitrogen and oxygen atoms in total. The molecular formula is C31H32N6O5S2. The summed E-state index contributed by atoms with van der Waals surface area (Å²) in [5, 5.41) is 22.4. The Morgan fingerprint density at radius 1 is 1.14 bits per heavy atom. The Morgan fingerprint density at radius 3 is 2.43 bits per heavy atom. The number of benzene rings is 2. The highest BCUT2D eigenvalue weighted by molar-refractivity contribution is 8.01. The number of nitrogens with zero attached hydrogens (tertiary/aromatic N) is 4. The summed E-state index contributed by atoms with van der Waals surface area (Å²) in [4.78, 5) is 28.1. The third kappa shape index (κ3) is 5.95. The Balaban J connectivity index is 1.54. The Morgan fingerprint density at radius 2 is 1.82 bits per heavy atom. The molecule has 3 aromatic rings. The van der Waals surface area contributed by atoms with Gasteiger partial charge in [0.05, 0.1) is 44.6 Å². The number of amides is 1. The summed E-state index contributed by atoms with van der Waals surface area (Å²) in [5.41, 5.74) is 9.04. The molecule has 1 aromatic heterocycles. The fourth-order valence-electron chi connectivity index (χ4n) is 5.53. The van der Waals surface area contributed by atoms with Crippen LogP contribution in [0.5, 0.6) is 17.2 Å². The Bertz CT molecular complexity index is 1680. The predicted molar refractivity (Wildman–Crippen MR) is 169 cm³/mol. The number of nitrogens with one attached hydrogen (secondary N) is 1. The van der Waals surface area contributed by atoms with Gasteiger partial charge in [-0.3, -0.25) is 14.5 Å². The highest BCUT2D eigenvalue weighted by Crippen LogP contribution is 2.52. The van der Waals surface area contributed by atoms with Gasteiger partial charge in [-0.2, -0.15) is 5.26 Å². The van der Waals surface area contributed by atoms with Crippen LogP contribution in [0, 0.1) is 16.7 Å². The second-order valence-electron chi connectivity index (χ2n) is 11.0. The number of para-hydroxylation sites is 1. The Hall–Kier alpha value is -4.54. The first-order valence-electron chi connectivity index (χ1n) is 13.7. The van der Waals surface area contributed by atoms with Crippen LogP contribution in [0.3, 0.4) is 0 Å². The van der Waals surface area contributed by atoms with E-state index in [1.807, 2.05) is 44.2 Å². The zero-order valence-corrected chi connectivity index (χ0v) is 26.6. The molecule has 0 spiro atoms. The molecule has 2 heterocycles. The quantitative estimate of drug-likeness (QED) is 0.298. The number of nitrogens with two attached hydrogens (primary N) is 1.